The van der Waals surface area contributed by atoms with E-state index in [1.807, 2.05) is 30.0 Å². The second-order valence-electron chi connectivity index (χ2n) is 14.4. The largest absolute Gasteiger partial charge is 0.389 e. The van der Waals surface area contributed by atoms with Crippen LogP contribution in [-0.4, -0.2) is 109 Å². The number of anilines is 1. The van der Waals surface area contributed by atoms with Crippen LogP contribution in [0.25, 0.3) is 11.2 Å². The Bertz CT molecular complexity index is 2020. The van der Waals surface area contributed by atoms with E-state index in [1.54, 1.807) is 10.6 Å². The molecule has 1 aromatic carbocycles. The van der Waals surface area contributed by atoms with Crippen molar-refractivity contribution in [3.63, 3.8) is 0 Å². The molecule has 0 radical (unpaired) electrons. The number of amides is 5. The molecule has 4 fully saturated rings. The Morgan fingerprint density at radius 2 is 1.91 bits per heavy atom. The molecular formula is C37H45ClN10O6S. The van der Waals surface area contributed by atoms with E-state index in [0.29, 0.717) is 59.7 Å². The molecule has 5 amide bonds. The predicted octanol–water partition coefficient (Wildman–Crippen LogP) is 1.21. The average molecular weight is 793 g/mol. The molecule has 18 heteroatoms. The number of rotatable bonds is 15. The van der Waals surface area contributed by atoms with E-state index in [-0.39, 0.29) is 60.4 Å². The van der Waals surface area contributed by atoms with Gasteiger partial charge in [0.05, 0.1) is 36.0 Å². The number of nitrogens with zero attached hydrogens (tertiary/aromatic N) is 4. The topological polar surface area (TPSA) is 225 Å². The van der Waals surface area contributed by atoms with E-state index >= 15 is 0 Å². The molecule has 16 nitrogen and oxygen atoms in total. The van der Waals surface area contributed by atoms with Crippen LogP contribution in [0.3, 0.4) is 0 Å². The molecule has 2 aliphatic carbocycles. The van der Waals surface area contributed by atoms with Crippen molar-refractivity contribution in [2.45, 2.75) is 87.1 Å². The molecule has 55 heavy (non-hydrogen) atoms. The van der Waals surface area contributed by atoms with Gasteiger partial charge in [-0.3, -0.25) is 14.4 Å². The Hall–Kier alpha value is -4.63. The number of hydrogen-bond donors (Lipinski definition) is 8. The normalized spacial score (nSPS) is 27.3. The van der Waals surface area contributed by atoms with Gasteiger partial charge in [-0.1, -0.05) is 36.1 Å². The number of carbonyl (C=O) groups excluding carboxylic acids is 4. The first kappa shape index (κ1) is 38.6. The van der Waals surface area contributed by atoms with Gasteiger partial charge in [0, 0.05) is 67.9 Å². The van der Waals surface area contributed by atoms with Crippen molar-refractivity contribution < 1.29 is 29.4 Å². The molecule has 292 valence electrons. The first-order valence-electron chi connectivity index (χ1n) is 18.6. The van der Waals surface area contributed by atoms with Crippen LogP contribution in [0.15, 0.2) is 30.6 Å². The summed E-state index contributed by atoms with van der Waals surface area (Å²) in [5.74, 6) is 6.51. The molecule has 2 saturated heterocycles. The first-order chi connectivity index (χ1) is 26.6. The molecule has 0 bridgehead atoms. The zero-order valence-corrected chi connectivity index (χ0v) is 31.9. The highest BCUT2D eigenvalue weighted by Crippen LogP contribution is 2.67. The second-order valence-corrected chi connectivity index (χ2v) is 16.1. The van der Waals surface area contributed by atoms with E-state index in [4.69, 9.17) is 11.6 Å². The minimum absolute atomic E-state index is 0.0610. The molecule has 2 aliphatic heterocycles. The van der Waals surface area contributed by atoms with E-state index in [2.05, 4.69) is 58.7 Å². The highest BCUT2D eigenvalue weighted by atomic mass is 35.5. The highest BCUT2D eigenvalue weighted by Gasteiger charge is 2.75. The molecule has 8 atom stereocenters. The molecular weight excluding hydrogens is 748 g/mol. The van der Waals surface area contributed by atoms with Crippen LogP contribution in [0.1, 0.15) is 62.4 Å². The number of nitrogens with one attached hydrogen (secondary N) is 6. The van der Waals surface area contributed by atoms with Crippen molar-refractivity contribution in [2.24, 2.45) is 11.3 Å². The Morgan fingerprint density at radius 1 is 1.11 bits per heavy atom. The Kier molecular flexibility index (Phi) is 11.7. The van der Waals surface area contributed by atoms with Crippen LogP contribution < -0.4 is 31.9 Å². The maximum atomic E-state index is 12.7. The van der Waals surface area contributed by atoms with Crippen LogP contribution in [0, 0.1) is 23.2 Å². The molecule has 8 N–H and O–H groups in total. The third kappa shape index (κ3) is 8.18. The van der Waals surface area contributed by atoms with E-state index < -0.39 is 23.7 Å². The van der Waals surface area contributed by atoms with E-state index in [1.165, 1.54) is 13.4 Å². The van der Waals surface area contributed by atoms with Gasteiger partial charge >= 0.3 is 6.03 Å². The first-order valence-corrected chi connectivity index (χ1v) is 20.0. The molecule has 2 saturated carbocycles. The lowest BCUT2D eigenvalue weighted by atomic mass is 9.98. The van der Waals surface area contributed by atoms with Gasteiger partial charge in [-0.2, -0.15) is 11.8 Å². The van der Waals surface area contributed by atoms with Crippen LogP contribution in [0.5, 0.6) is 0 Å². The maximum Gasteiger partial charge on any atom is 0.315 e. The molecule has 0 spiro atoms. The lowest BCUT2D eigenvalue weighted by Crippen LogP contribution is -2.41. The van der Waals surface area contributed by atoms with Crippen molar-refractivity contribution in [1.29, 1.82) is 0 Å². The van der Waals surface area contributed by atoms with Gasteiger partial charge in [0.1, 0.15) is 6.10 Å². The quantitative estimate of drug-likeness (QED) is 0.0621. The Balaban J connectivity index is 0.912. The highest BCUT2D eigenvalue weighted by molar-refractivity contribution is 8.00. The minimum atomic E-state index is -1.24. The van der Waals surface area contributed by atoms with Crippen molar-refractivity contribution in [3.8, 4) is 11.8 Å². The van der Waals surface area contributed by atoms with Gasteiger partial charge in [0.25, 0.3) is 0 Å². The standard InChI is InChI=1S/C37H45ClN10O6S/c1-39-35(53)37-16-22(37)30(31(51)32(37)52)48-19-43-29-33(42-17-20-7-6-8-21(38)15-20)45-25(46-34(29)48)10-3-5-12-27(50)41-14-13-40-26(49)11-4-2-9-24-28-23(18-55-24)44-36(54)47-28/h6-8,15,19,22-24,28,30-32,51-52H,2,4-5,9,11-14,16-18H2,1H3,(H,39,53)(H,40,49)(H,41,50)(H,42,45,46)(H2,44,47,54)/t22-,23-,24-,28-,30-,31+,32+,37-/m1/s1. The Labute approximate surface area is 327 Å². The number of hydrogen-bond acceptors (Lipinski definition) is 11. The number of benzene rings is 1. The number of urea groups is 1. The number of aliphatic hydroxyl groups is 2. The van der Waals surface area contributed by atoms with Crippen molar-refractivity contribution >= 4 is 64.1 Å². The average Bonchev–Trinajstić information content (AvgIpc) is 3.37. The molecule has 0 unspecified atom stereocenters. The number of halogens is 1. The maximum absolute atomic E-state index is 12.7. The monoisotopic (exact) mass is 792 g/mol. The van der Waals surface area contributed by atoms with Gasteiger partial charge in [-0.15, -0.1) is 0 Å². The summed E-state index contributed by atoms with van der Waals surface area (Å²) >= 11 is 8.05. The summed E-state index contributed by atoms with van der Waals surface area (Å²) in [4.78, 5) is 62.9. The Morgan fingerprint density at radius 3 is 2.69 bits per heavy atom. The SMILES string of the molecule is CNC(=O)[C@]12C[C@@H]1[C@@H](n1cnc3c(NCc4cccc(Cl)c4)nc(C#CCCC(=O)NCCNC(=O)CCCC[C@H]4SC[C@H]5NC(=O)N[C@H]54)nc31)[C@H](O)[C@@H]2O. The lowest BCUT2D eigenvalue weighted by molar-refractivity contribution is -0.132. The lowest BCUT2D eigenvalue weighted by Gasteiger charge is -2.23. The van der Waals surface area contributed by atoms with Gasteiger partial charge in [0.2, 0.25) is 23.5 Å². The smallest absolute Gasteiger partial charge is 0.315 e. The number of unbranched alkanes of at least 4 members (excludes halogenated alkanes) is 1. The summed E-state index contributed by atoms with van der Waals surface area (Å²) in [6, 6.07) is 7.00. The van der Waals surface area contributed by atoms with Crippen LogP contribution in [0.2, 0.25) is 5.02 Å². The molecule has 4 heterocycles. The van der Waals surface area contributed by atoms with E-state index in [0.717, 1.165) is 30.6 Å². The number of aromatic nitrogens is 4. The van der Waals surface area contributed by atoms with Gasteiger partial charge in [0.15, 0.2) is 17.0 Å². The van der Waals surface area contributed by atoms with Gasteiger partial charge in [-0.25, -0.2) is 19.7 Å². The van der Waals surface area contributed by atoms with Gasteiger partial charge < -0.3 is 46.7 Å². The summed E-state index contributed by atoms with van der Waals surface area (Å²) in [6.07, 6.45) is 2.88. The fourth-order valence-electron chi connectivity index (χ4n) is 8.11. The van der Waals surface area contributed by atoms with Crippen LogP contribution in [-0.2, 0) is 20.9 Å². The molecule has 3 aromatic rings. The minimum Gasteiger partial charge on any atom is -0.389 e. The van der Waals surface area contributed by atoms with Crippen molar-refractivity contribution in [3.05, 3.63) is 47.0 Å². The predicted molar refractivity (Wildman–Crippen MR) is 206 cm³/mol. The number of fused-ring (bicyclic) bond motifs is 3. The third-order valence-corrected chi connectivity index (χ3v) is 12.7. The van der Waals surface area contributed by atoms with Crippen LogP contribution >= 0.6 is 23.4 Å². The summed E-state index contributed by atoms with van der Waals surface area (Å²) in [5, 5.41) is 40.5. The van der Waals surface area contributed by atoms with Crippen molar-refractivity contribution in [2.75, 3.05) is 31.2 Å². The number of carbonyl (C=O) groups is 4. The summed E-state index contributed by atoms with van der Waals surface area (Å²) < 4.78 is 1.69. The fraction of sp³-hybridized carbons (Fsp3) is 0.541. The zero-order valence-electron chi connectivity index (χ0n) is 30.3. The van der Waals surface area contributed by atoms with Gasteiger partial charge in [-0.05, 0) is 42.9 Å². The zero-order chi connectivity index (χ0) is 38.7. The summed E-state index contributed by atoms with van der Waals surface area (Å²) in [7, 11) is 1.51. The third-order valence-electron chi connectivity index (χ3n) is 10.9. The molecule has 2 aromatic heterocycles. The molecule has 4 aliphatic rings. The van der Waals surface area contributed by atoms with Crippen LogP contribution in [0.4, 0.5) is 10.6 Å². The van der Waals surface area contributed by atoms with Crippen molar-refractivity contribution in [1.82, 2.24) is 46.1 Å². The number of thioether (sulfide) groups is 1. The number of imidazole rings is 1. The second kappa shape index (κ2) is 16.6. The van der Waals surface area contributed by atoms with E-state index in [9.17, 15) is 29.4 Å². The summed E-state index contributed by atoms with van der Waals surface area (Å²) in [6.45, 7) is 0.989. The molecule has 7 rings (SSSR count). The fourth-order valence-corrected chi connectivity index (χ4v) is 9.86. The summed E-state index contributed by atoms with van der Waals surface area (Å²) in [5.41, 5.74) is 0.649. The number of aliphatic hydroxyl groups excluding tert-OH is 2.